The molecular formula is C19H19NO3. The Morgan fingerprint density at radius 2 is 1.52 bits per heavy atom. The van der Waals surface area contributed by atoms with E-state index in [9.17, 15) is 4.91 Å². The molecule has 2 aliphatic rings. The van der Waals surface area contributed by atoms with Gasteiger partial charge in [0.2, 0.25) is 0 Å². The number of ether oxygens (including phenoxy) is 2. The fraction of sp³-hybridized carbons (Fsp3) is 0.368. The summed E-state index contributed by atoms with van der Waals surface area (Å²) >= 11 is 0. The van der Waals surface area contributed by atoms with Crippen molar-refractivity contribution in [3.8, 4) is 11.5 Å². The minimum atomic E-state index is -0.290. The summed E-state index contributed by atoms with van der Waals surface area (Å²) in [6.07, 6.45) is 2.62. The van der Waals surface area contributed by atoms with E-state index in [-0.39, 0.29) is 11.5 Å². The second kappa shape index (κ2) is 5.08. The van der Waals surface area contributed by atoms with Crippen molar-refractivity contribution in [2.75, 3.05) is 14.2 Å². The van der Waals surface area contributed by atoms with Gasteiger partial charge in [0.25, 0.3) is 0 Å². The molecule has 2 unspecified atom stereocenters. The maximum absolute atomic E-state index is 11.7. The van der Waals surface area contributed by atoms with Gasteiger partial charge in [0.05, 0.1) is 14.2 Å². The molecule has 0 N–H and O–H groups in total. The molecule has 23 heavy (non-hydrogen) atoms. The standard InChI is InChI=1S/C19H19NO3/c1-22-15-4-3-12-9-19(10-13(12)7-15)11-14-8-16(23-2)5-6-17(14)18(19)20-21/h3-8,18H,9-11H2,1-2H3. The van der Waals surface area contributed by atoms with Crippen LogP contribution in [0.2, 0.25) is 0 Å². The molecule has 0 heterocycles. The van der Waals surface area contributed by atoms with E-state index < -0.39 is 0 Å². The summed E-state index contributed by atoms with van der Waals surface area (Å²) in [6.45, 7) is 0. The lowest BCUT2D eigenvalue weighted by atomic mass is 9.78. The molecule has 4 nitrogen and oxygen atoms in total. The van der Waals surface area contributed by atoms with E-state index in [1.165, 1.54) is 16.7 Å². The van der Waals surface area contributed by atoms with E-state index in [0.29, 0.717) is 0 Å². The van der Waals surface area contributed by atoms with E-state index in [1.807, 2.05) is 24.3 Å². The van der Waals surface area contributed by atoms with Crippen molar-refractivity contribution in [1.29, 1.82) is 0 Å². The Labute approximate surface area is 135 Å². The monoisotopic (exact) mass is 309 g/mol. The first-order chi connectivity index (χ1) is 11.2. The number of benzene rings is 2. The van der Waals surface area contributed by atoms with Gasteiger partial charge in [0, 0.05) is 5.41 Å². The molecule has 0 radical (unpaired) electrons. The molecule has 0 fully saturated rings. The fourth-order valence-electron chi connectivity index (χ4n) is 4.31. The largest absolute Gasteiger partial charge is 0.497 e. The average Bonchev–Trinajstić information content (AvgIpc) is 3.08. The smallest absolute Gasteiger partial charge is 0.124 e. The zero-order chi connectivity index (χ0) is 16.0. The zero-order valence-corrected chi connectivity index (χ0v) is 13.3. The summed E-state index contributed by atoms with van der Waals surface area (Å²) in [5.74, 6) is 1.70. The third kappa shape index (κ3) is 2.05. The van der Waals surface area contributed by atoms with Gasteiger partial charge in [-0.05, 0) is 65.8 Å². The molecule has 0 aromatic heterocycles. The van der Waals surface area contributed by atoms with E-state index >= 15 is 0 Å². The highest BCUT2D eigenvalue weighted by atomic mass is 16.5. The van der Waals surface area contributed by atoms with E-state index in [1.54, 1.807) is 14.2 Å². The quantitative estimate of drug-likeness (QED) is 0.809. The first kappa shape index (κ1) is 14.2. The molecule has 4 heteroatoms. The second-order valence-corrected chi connectivity index (χ2v) is 6.60. The fourth-order valence-corrected chi connectivity index (χ4v) is 4.31. The molecule has 0 amide bonds. The molecule has 0 saturated heterocycles. The highest BCUT2D eigenvalue weighted by Crippen LogP contribution is 2.56. The number of rotatable bonds is 3. The molecule has 2 aliphatic carbocycles. The Balaban J connectivity index is 1.74. The Bertz CT molecular complexity index is 782. The van der Waals surface area contributed by atoms with Crippen LogP contribution in [-0.4, -0.2) is 14.2 Å². The lowest BCUT2D eigenvalue weighted by Crippen LogP contribution is -2.25. The first-order valence-electron chi connectivity index (χ1n) is 7.84. The molecule has 1 spiro atoms. The number of hydrogen-bond acceptors (Lipinski definition) is 4. The summed E-state index contributed by atoms with van der Waals surface area (Å²) in [5, 5.41) is 3.52. The second-order valence-electron chi connectivity index (χ2n) is 6.60. The number of methoxy groups -OCH3 is 2. The third-order valence-corrected chi connectivity index (χ3v) is 5.37. The number of fused-ring (bicyclic) bond motifs is 2. The van der Waals surface area contributed by atoms with Crippen LogP contribution in [0.15, 0.2) is 41.6 Å². The maximum Gasteiger partial charge on any atom is 0.124 e. The molecule has 2 atom stereocenters. The van der Waals surface area contributed by atoms with Crippen LogP contribution < -0.4 is 9.47 Å². The van der Waals surface area contributed by atoms with Crippen LogP contribution in [0.4, 0.5) is 0 Å². The molecule has 0 saturated carbocycles. The highest BCUT2D eigenvalue weighted by molar-refractivity contribution is 5.49. The lowest BCUT2D eigenvalue weighted by molar-refractivity contribution is 0.264. The van der Waals surface area contributed by atoms with Crippen molar-refractivity contribution < 1.29 is 9.47 Å². The van der Waals surface area contributed by atoms with Gasteiger partial charge in [-0.3, -0.25) is 0 Å². The molecule has 0 aliphatic heterocycles. The minimum absolute atomic E-state index is 0.134. The maximum atomic E-state index is 11.7. The summed E-state index contributed by atoms with van der Waals surface area (Å²) < 4.78 is 10.7. The van der Waals surface area contributed by atoms with Crippen molar-refractivity contribution in [1.82, 2.24) is 0 Å². The predicted octanol–water partition coefficient (Wildman–Crippen LogP) is 3.85. The predicted molar refractivity (Wildman–Crippen MR) is 88.1 cm³/mol. The van der Waals surface area contributed by atoms with Crippen molar-refractivity contribution in [3.63, 3.8) is 0 Å². The topological polar surface area (TPSA) is 47.9 Å². The number of nitroso groups, excluding NO2 is 1. The minimum Gasteiger partial charge on any atom is -0.497 e. The molecule has 118 valence electrons. The van der Waals surface area contributed by atoms with Crippen LogP contribution in [0.1, 0.15) is 28.3 Å². The Kier molecular flexibility index (Phi) is 3.15. The SMILES string of the molecule is COc1ccc2c(c1)CC1(C2)Cc2cc(OC)ccc2C1N=O. The van der Waals surface area contributed by atoms with E-state index in [4.69, 9.17) is 9.47 Å². The molecular weight excluding hydrogens is 290 g/mol. The molecule has 0 bridgehead atoms. The molecule has 2 aromatic carbocycles. The van der Waals surface area contributed by atoms with Gasteiger partial charge in [-0.1, -0.05) is 17.3 Å². The van der Waals surface area contributed by atoms with Gasteiger partial charge in [-0.25, -0.2) is 0 Å². The number of hydrogen-bond donors (Lipinski definition) is 0. The van der Waals surface area contributed by atoms with Gasteiger partial charge in [0.15, 0.2) is 0 Å². The van der Waals surface area contributed by atoms with Gasteiger partial charge in [-0.15, -0.1) is 0 Å². The highest BCUT2D eigenvalue weighted by Gasteiger charge is 2.50. The van der Waals surface area contributed by atoms with Crippen LogP contribution in [0.3, 0.4) is 0 Å². The van der Waals surface area contributed by atoms with Gasteiger partial charge >= 0.3 is 0 Å². The average molecular weight is 309 g/mol. The van der Waals surface area contributed by atoms with Crippen molar-refractivity contribution in [3.05, 3.63) is 63.6 Å². The Morgan fingerprint density at radius 3 is 2.22 bits per heavy atom. The van der Waals surface area contributed by atoms with Crippen LogP contribution >= 0.6 is 0 Å². The molecule has 4 rings (SSSR count). The van der Waals surface area contributed by atoms with Crippen LogP contribution in [0.25, 0.3) is 0 Å². The van der Waals surface area contributed by atoms with Crippen LogP contribution in [0.5, 0.6) is 11.5 Å². The van der Waals surface area contributed by atoms with Crippen LogP contribution in [-0.2, 0) is 19.3 Å². The van der Waals surface area contributed by atoms with Crippen molar-refractivity contribution in [2.45, 2.75) is 25.3 Å². The van der Waals surface area contributed by atoms with E-state index in [2.05, 4.69) is 17.3 Å². The Morgan fingerprint density at radius 1 is 0.913 bits per heavy atom. The first-order valence-corrected chi connectivity index (χ1v) is 7.84. The third-order valence-electron chi connectivity index (χ3n) is 5.37. The van der Waals surface area contributed by atoms with E-state index in [0.717, 1.165) is 36.3 Å². The molecule has 2 aromatic rings. The van der Waals surface area contributed by atoms with Crippen LogP contribution in [0, 0.1) is 10.3 Å². The van der Waals surface area contributed by atoms with Crippen molar-refractivity contribution in [2.24, 2.45) is 10.6 Å². The van der Waals surface area contributed by atoms with Gasteiger partial charge in [0.1, 0.15) is 17.5 Å². The zero-order valence-electron chi connectivity index (χ0n) is 13.3. The van der Waals surface area contributed by atoms with Gasteiger partial charge in [-0.2, -0.15) is 4.91 Å². The normalized spacial score (nSPS) is 24.3. The Hall–Kier alpha value is -2.36. The summed E-state index contributed by atoms with van der Waals surface area (Å²) in [4.78, 5) is 11.7. The lowest BCUT2D eigenvalue weighted by Gasteiger charge is -2.26. The number of nitrogens with zero attached hydrogens (tertiary/aromatic N) is 1. The summed E-state index contributed by atoms with van der Waals surface area (Å²) in [7, 11) is 3.35. The van der Waals surface area contributed by atoms with Crippen molar-refractivity contribution >= 4 is 0 Å². The summed E-state index contributed by atoms with van der Waals surface area (Å²) in [5.41, 5.74) is 4.69. The summed E-state index contributed by atoms with van der Waals surface area (Å²) in [6, 6.07) is 11.9. The van der Waals surface area contributed by atoms with Gasteiger partial charge < -0.3 is 9.47 Å².